The van der Waals surface area contributed by atoms with Gasteiger partial charge >= 0.3 is 5.76 Å². The minimum absolute atomic E-state index is 0.464. The van der Waals surface area contributed by atoms with Crippen LogP contribution in [-0.4, -0.2) is 19.2 Å². The van der Waals surface area contributed by atoms with Crippen molar-refractivity contribution < 1.29 is 13.9 Å². The predicted octanol–water partition coefficient (Wildman–Crippen LogP) is 1.65. The Kier molecular flexibility index (Phi) is 2.68. The summed E-state index contributed by atoms with van der Waals surface area (Å²) in [5.41, 5.74) is 0.746. The fourth-order valence-corrected chi connectivity index (χ4v) is 1.42. The van der Waals surface area contributed by atoms with Gasteiger partial charge in [-0.3, -0.25) is 4.98 Å². The molecule has 0 atom stereocenters. The molecule has 2 rings (SSSR count). The molecule has 0 aliphatic carbocycles. The second-order valence-electron chi connectivity index (χ2n) is 3.11. The van der Waals surface area contributed by atoms with Crippen molar-refractivity contribution in [1.82, 2.24) is 4.98 Å². The third-order valence-corrected chi connectivity index (χ3v) is 2.19. The first-order valence-electron chi connectivity index (χ1n) is 4.65. The molecule has 84 valence electrons. The molecular weight excluding hydrogens is 210 g/mol. The molecule has 0 bridgehead atoms. The highest BCUT2D eigenvalue weighted by atomic mass is 16.5. The molecule has 0 fully saturated rings. The molecule has 1 aromatic carbocycles. The van der Waals surface area contributed by atoms with E-state index in [-0.39, 0.29) is 0 Å². The summed E-state index contributed by atoms with van der Waals surface area (Å²) < 4.78 is 15.2. The van der Waals surface area contributed by atoms with Crippen molar-refractivity contribution >= 4 is 0 Å². The SMILES string of the molecule is COc1ccc(-c2c[nH]c(=O)o2)cc1OC. The van der Waals surface area contributed by atoms with E-state index >= 15 is 0 Å². The number of ether oxygens (including phenoxy) is 2. The molecule has 0 saturated heterocycles. The van der Waals surface area contributed by atoms with E-state index in [1.807, 2.05) is 0 Å². The Morgan fingerprint density at radius 2 is 1.94 bits per heavy atom. The highest BCUT2D eigenvalue weighted by Crippen LogP contribution is 2.31. The fourth-order valence-electron chi connectivity index (χ4n) is 1.42. The van der Waals surface area contributed by atoms with Crippen LogP contribution in [-0.2, 0) is 0 Å². The monoisotopic (exact) mass is 221 g/mol. The van der Waals surface area contributed by atoms with Crippen LogP contribution in [0.5, 0.6) is 11.5 Å². The molecule has 5 nitrogen and oxygen atoms in total. The van der Waals surface area contributed by atoms with Crippen LogP contribution >= 0.6 is 0 Å². The molecular formula is C11H11NO4. The highest BCUT2D eigenvalue weighted by molar-refractivity contribution is 5.61. The van der Waals surface area contributed by atoms with Gasteiger partial charge in [-0.15, -0.1) is 0 Å². The summed E-state index contributed by atoms with van der Waals surface area (Å²) >= 11 is 0. The summed E-state index contributed by atoms with van der Waals surface area (Å²) in [5, 5.41) is 0. The maximum absolute atomic E-state index is 10.9. The van der Waals surface area contributed by atoms with Crippen molar-refractivity contribution in [1.29, 1.82) is 0 Å². The first kappa shape index (κ1) is 10.4. The average molecular weight is 221 g/mol. The van der Waals surface area contributed by atoms with Crippen molar-refractivity contribution in [2.24, 2.45) is 0 Å². The number of nitrogens with one attached hydrogen (secondary N) is 1. The van der Waals surface area contributed by atoms with Crippen molar-refractivity contribution in [3.63, 3.8) is 0 Å². The second kappa shape index (κ2) is 4.14. The molecule has 0 unspecified atom stereocenters. The molecule has 1 aromatic heterocycles. The molecule has 16 heavy (non-hydrogen) atoms. The molecule has 0 amide bonds. The number of hydrogen-bond acceptors (Lipinski definition) is 4. The number of rotatable bonds is 3. The van der Waals surface area contributed by atoms with Crippen LogP contribution in [0.3, 0.4) is 0 Å². The van der Waals surface area contributed by atoms with Crippen molar-refractivity contribution in [2.75, 3.05) is 14.2 Å². The number of benzene rings is 1. The van der Waals surface area contributed by atoms with Gasteiger partial charge in [-0.25, -0.2) is 4.79 Å². The number of H-pyrrole nitrogens is 1. The number of aromatic nitrogens is 1. The third-order valence-electron chi connectivity index (χ3n) is 2.19. The van der Waals surface area contributed by atoms with Gasteiger partial charge < -0.3 is 13.9 Å². The van der Waals surface area contributed by atoms with E-state index in [4.69, 9.17) is 13.9 Å². The van der Waals surface area contributed by atoms with Crippen LogP contribution in [0.2, 0.25) is 0 Å². The lowest BCUT2D eigenvalue weighted by molar-refractivity contribution is 0.355. The standard InChI is InChI=1S/C11H11NO4/c1-14-8-4-3-7(5-9(8)15-2)10-6-12-11(13)16-10/h3-6H,1-2H3,(H,12,13). The zero-order valence-electron chi connectivity index (χ0n) is 8.94. The van der Waals surface area contributed by atoms with E-state index in [1.165, 1.54) is 6.20 Å². The number of aromatic amines is 1. The quantitative estimate of drug-likeness (QED) is 0.855. The summed E-state index contributed by atoms with van der Waals surface area (Å²) in [5.74, 6) is 1.20. The van der Waals surface area contributed by atoms with Crippen LogP contribution in [0.15, 0.2) is 33.6 Å². The molecule has 2 aromatic rings. The van der Waals surface area contributed by atoms with Gasteiger partial charge in [-0.05, 0) is 18.2 Å². The first-order chi connectivity index (χ1) is 7.74. The second-order valence-corrected chi connectivity index (χ2v) is 3.11. The Balaban J connectivity index is 2.47. The van der Waals surface area contributed by atoms with Gasteiger partial charge in [0.1, 0.15) is 0 Å². The van der Waals surface area contributed by atoms with Crippen molar-refractivity contribution in [3.05, 3.63) is 34.9 Å². The van der Waals surface area contributed by atoms with Gasteiger partial charge in [0.05, 0.1) is 20.4 Å². The Bertz CT molecular complexity index is 541. The largest absolute Gasteiger partial charge is 0.493 e. The minimum Gasteiger partial charge on any atom is -0.493 e. The van der Waals surface area contributed by atoms with Crippen LogP contribution in [0.25, 0.3) is 11.3 Å². The van der Waals surface area contributed by atoms with Gasteiger partial charge in [0.2, 0.25) is 0 Å². The molecule has 0 radical (unpaired) electrons. The lowest BCUT2D eigenvalue weighted by atomic mass is 10.1. The number of hydrogen-bond donors (Lipinski definition) is 1. The average Bonchev–Trinajstić information content (AvgIpc) is 2.75. The molecule has 5 heteroatoms. The van der Waals surface area contributed by atoms with Crippen molar-refractivity contribution in [2.45, 2.75) is 0 Å². The van der Waals surface area contributed by atoms with Gasteiger partial charge in [0, 0.05) is 5.56 Å². The molecule has 1 N–H and O–H groups in total. The van der Waals surface area contributed by atoms with Crippen molar-refractivity contribution in [3.8, 4) is 22.8 Å². The fraction of sp³-hybridized carbons (Fsp3) is 0.182. The van der Waals surface area contributed by atoms with Crippen LogP contribution < -0.4 is 15.2 Å². The smallest absolute Gasteiger partial charge is 0.416 e. The van der Waals surface area contributed by atoms with E-state index in [2.05, 4.69) is 4.98 Å². The van der Waals surface area contributed by atoms with Crippen LogP contribution in [0.1, 0.15) is 0 Å². The van der Waals surface area contributed by atoms with Gasteiger partial charge in [0.15, 0.2) is 17.3 Å². The summed E-state index contributed by atoms with van der Waals surface area (Å²) in [6.45, 7) is 0. The molecule has 0 spiro atoms. The molecule has 0 aliphatic rings. The molecule has 1 heterocycles. The van der Waals surface area contributed by atoms with E-state index < -0.39 is 5.76 Å². The number of methoxy groups -OCH3 is 2. The predicted molar refractivity (Wildman–Crippen MR) is 57.9 cm³/mol. The zero-order chi connectivity index (χ0) is 11.5. The molecule has 0 aliphatic heterocycles. The maximum atomic E-state index is 10.9. The van der Waals surface area contributed by atoms with E-state index in [0.29, 0.717) is 17.3 Å². The van der Waals surface area contributed by atoms with Gasteiger partial charge in [-0.1, -0.05) is 0 Å². The van der Waals surface area contributed by atoms with Crippen LogP contribution in [0.4, 0.5) is 0 Å². The summed E-state index contributed by atoms with van der Waals surface area (Å²) in [4.78, 5) is 13.3. The number of oxazole rings is 1. The van der Waals surface area contributed by atoms with Crippen LogP contribution in [0, 0.1) is 0 Å². The lowest BCUT2D eigenvalue weighted by Crippen LogP contribution is -1.92. The van der Waals surface area contributed by atoms with E-state index in [1.54, 1.807) is 32.4 Å². The summed E-state index contributed by atoms with van der Waals surface area (Å²) in [7, 11) is 3.11. The Morgan fingerprint density at radius 3 is 2.50 bits per heavy atom. The first-order valence-corrected chi connectivity index (χ1v) is 4.65. The highest BCUT2D eigenvalue weighted by Gasteiger charge is 2.08. The Hall–Kier alpha value is -2.17. The summed E-state index contributed by atoms with van der Waals surface area (Å²) in [6.07, 6.45) is 1.50. The third kappa shape index (κ3) is 1.79. The normalized spacial score (nSPS) is 10.1. The zero-order valence-corrected chi connectivity index (χ0v) is 8.94. The topological polar surface area (TPSA) is 64.5 Å². The minimum atomic E-state index is -0.482. The Labute approximate surface area is 91.6 Å². The molecule has 0 saturated carbocycles. The summed E-state index contributed by atoms with van der Waals surface area (Å²) in [6, 6.07) is 5.28. The lowest BCUT2D eigenvalue weighted by Gasteiger charge is -2.07. The van der Waals surface area contributed by atoms with E-state index in [9.17, 15) is 4.79 Å². The van der Waals surface area contributed by atoms with Gasteiger partial charge in [0.25, 0.3) is 0 Å². The Morgan fingerprint density at radius 1 is 1.19 bits per heavy atom. The van der Waals surface area contributed by atoms with Gasteiger partial charge in [-0.2, -0.15) is 0 Å². The van der Waals surface area contributed by atoms with E-state index in [0.717, 1.165) is 5.56 Å². The maximum Gasteiger partial charge on any atom is 0.416 e.